The molecule has 0 aliphatic heterocycles. The van der Waals surface area contributed by atoms with Gasteiger partial charge in [-0.15, -0.1) is 0 Å². The van der Waals surface area contributed by atoms with Gasteiger partial charge in [-0.3, -0.25) is 9.78 Å². The predicted molar refractivity (Wildman–Crippen MR) is 74.8 cm³/mol. The van der Waals surface area contributed by atoms with Crippen LogP contribution in [-0.2, 0) is 16.0 Å². The first-order valence-corrected chi connectivity index (χ1v) is 6.45. The van der Waals surface area contributed by atoms with E-state index in [4.69, 9.17) is 19.9 Å². The van der Waals surface area contributed by atoms with Crippen LogP contribution >= 0.6 is 0 Å². The number of hydrogen-bond donors (Lipinski definition) is 1. The zero-order valence-corrected chi connectivity index (χ0v) is 12.4. The summed E-state index contributed by atoms with van der Waals surface area (Å²) in [6, 6.07) is 1.70. The Bertz CT molecular complexity index is 464. The maximum absolute atomic E-state index is 12.1. The molecule has 0 saturated carbocycles. The highest BCUT2D eigenvalue weighted by Gasteiger charge is 2.35. The third kappa shape index (κ3) is 3.39. The quantitative estimate of drug-likeness (QED) is 0.756. The fourth-order valence-corrected chi connectivity index (χ4v) is 1.88. The summed E-state index contributed by atoms with van der Waals surface area (Å²) in [5.74, 6) is 0.744. The van der Waals surface area contributed by atoms with Crippen LogP contribution in [0.5, 0.6) is 11.5 Å². The van der Waals surface area contributed by atoms with Crippen molar-refractivity contribution in [3.8, 4) is 11.5 Å². The number of esters is 1. The van der Waals surface area contributed by atoms with Gasteiger partial charge in [0.25, 0.3) is 0 Å². The molecule has 20 heavy (non-hydrogen) atoms. The molecule has 112 valence electrons. The van der Waals surface area contributed by atoms with Gasteiger partial charge in [-0.05, 0) is 13.8 Å². The van der Waals surface area contributed by atoms with Crippen LogP contribution in [0, 0.1) is 5.41 Å². The van der Waals surface area contributed by atoms with Gasteiger partial charge in [0, 0.05) is 25.2 Å². The summed E-state index contributed by atoms with van der Waals surface area (Å²) in [6.45, 7) is 4.00. The molecule has 1 aromatic rings. The Morgan fingerprint density at radius 1 is 1.40 bits per heavy atom. The number of carbonyl (C=O) groups excluding carboxylic acids is 1. The Balaban J connectivity index is 3.09. The number of hydrogen-bond acceptors (Lipinski definition) is 6. The summed E-state index contributed by atoms with van der Waals surface area (Å²) >= 11 is 0. The average molecular weight is 282 g/mol. The van der Waals surface area contributed by atoms with E-state index in [1.54, 1.807) is 33.2 Å². The molecule has 1 atom stereocenters. The van der Waals surface area contributed by atoms with Crippen LogP contribution in [-0.4, -0.2) is 38.3 Å². The van der Waals surface area contributed by atoms with Gasteiger partial charge >= 0.3 is 5.97 Å². The molecule has 1 rings (SSSR count). The van der Waals surface area contributed by atoms with Gasteiger partial charge in [-0.1, -0.05) is 0 Å². The maximum Gasteiger partial charge on any atom is 0.313 e. The molecule has 1 heterocycles. The molecule has 2 N–H and O–H groups in total. The van der Waals surface area contributed by atoms with E-state index in [1.165, 1.54) is 7.11 Å². The van der Waals surface area contributed by atoms with E-state index in [0.717, 1.165) is 0 Å². The number of nitrogens with zero attached hydrogens (tertiary/aromatic N) is 1. The van der Waals surface area contributed by atoms with Gasteiger partial charge in [0.1, 0.15) is 0 Å². The second-order valence-corrected chi connectivity index (χ2v) is 4.66. The third-order valence-corrected chi connectivity index (χ3v) is 3.14. The topological polar surface area (TPSA) is 83.7 Å². The largest absolute Gasteiger partial charge is 0.493 e. The normalized spacial score (nSPS) is 13.4. The Morgan fingerprint density at radius 3 is 2.60 bits per heavy atom. The van der Waals surface area contributed by atoms with Crippen molar-refractivity contribution in [2.45, 2.75) is 20.3 Å². The zero-order chi connectivity index (χ0) is 15.2. The molecule has 6 heteroatoms. The van der Waals surface area contributed by atoms with Crippen molar-refractivity contribution in [3.63, 3.8) is 0 Å². The number of aromatic nitrogens is 1. The Kier molecular flexibility index (Phi) is 5.76. The van der Waals surface area contributed by atoms with Gasteiger partial charge in [0.15, 0.2) is 11.5 Å². The van der Waals surface area contributed by atoms with Crippen molar-refractivity contribution in [2.24, 2.45) is 11.1 Å². The maximum atomic E-state index is 12.1. The smallest absolute Gasteiger partial charge is 0.313 e. The molecule has 0 aliphatic rings. The first-order valence-electron chi connectivity index (χ1n) is 6.45. The Morgan fingerprint density at radius 2 is 2.10 bits per heavy atom. The molecule has 0 amide bonds. The highest BCUT2D eigenvalue weighted by Crippen LogP contribution is 2.33. The van der Waals surface area contributed by atoms with E-state index in [9.17, 15) is 4.79 Å². The fourth-order valence-electron chi connectivity index (χ4n) is 1.88. The van der Waals surface area contributed by atoms with E-state index < -0.39 is 5.41 Å². The molecular formula is C14H22N2O4. The zero-order valence-electron chi connectivity index (χ0n) is 12.4. The Hall–Kier alpha value is -1.82. The molecule has 1 unspecified atom stereocenters. The number of rotatable bonds is 7. The summed E-state index contributed by atoms with van der Waals surface area (Å²) in [4.78, 5) is 16.3. The second-order valence-electron chi connectivity index (χ2n) is 4.66. The van der Waals surface area contributed by atoms with Crippen molar-refractivity contribution >= 4 is 5.97 Å². The summed E-state index contributed by atoms with van der Waals surface area (Å²) in [5.41, 5.74) is 5.52. The molecule has 0 spiro atoms. The minimum Gasteiger partial charge on any atom is -0.493 e. The SMILES string of the molecule is CCOC(=O)C(C)(CN)Cc1nccc(OC)c1OC. The molecule has 6 nitrogen and oxygen atoms in total. The number of nitrogens with two attached hydrogens (primary N) is 1. The second kappa shape index (κ2) is 7.09. The van der Waals surface area contributed by atoms with E-state index in [1.807, 2.05) is 0 Å². The standard InChI is InChI=1S/C14H22N2O4/c1-5-20-13(17)14(2,9-15)8-10-12(19-4)11(18-3)6-7-16-10/h6-7H,5,8-9,15H2,1-4H3. The van der Waals surface area contributed by atoms with Crippen LogP contribution in [0.3, 0.4) is 0 Å². The van der Waals surface area contributed by atoms with Gasteiger partial charge in [-0.2, -0.15) is 0 Å². The van der Waals surface area contributed by atoms with E-state index in [0.29, 0.717) is 30.2 Å². The van der Waals surface area contributed by atoms with Crippen LogP contribution in [0.15, 0.2) is 12.3 Å². The summed E-state index contributed by atoms with van der Waals surface area (Å²) in [5, 5.41) is 0. The van der Waals surface area contributed by atoms with E-state index in [-0.39, 0.29) is 12.5 Å². The third-order valence-electron chi connectivity index (χ3n) is 3.14. The van der Waals surface area contributed by atoms with Crippen LogP contribution in [0.2, 0.25) is 0 Å². The highest BCUT2D eigenvalue weighted by atomic mass is 16.5. The van der Waals surface area contributed by atoms with Crippen molar-refractivity contribution in [1.29, 1.82) is 0 Å². The van der Waals surface area contributed by atoms with Gasteiger partial charge < -0.3 is 19.9 Å². The van der Waals surface area contributed by atoms with E-state index >= 15 is 0 Å². The first-order chi connectivity index (χ1) is 9.52. The van der Waals surface area contributed by atoms with Crippen LogP contribution < -0.4 is 15.2 Å². The van der Waals surface area contributed by atoms with Crippen molar-refractivity contribution in [3.05, 3.63) is 18.0 Å². The molecule has 0 aromatic carbocycles. The summed E-state index contributed by atoms with van der Waals surface area (Å²) in [6.07, 6.45) is 1.93. The lowest BCUT2D eigenvalue weighted by molar-refractivity contribution is -0.153. The molecule has 0 fully saturated rings. The fraction of sp³-hybridized carbons (Fsp3) is 0.571. The number of pyridine rings is 1. The van der Waals surface area contributed by atoms with Crippen LogP contribution in [0.25, 0.3) is 0 Å². The lowest BCUT2D eigenvalue weighted by Gasteiger charge is -2.26. The van der Waals surface area contributed by atoms with Gasteiger partial charge in [0.05, 0.1) is 31.9 Å². The molecule has 0 radical (unpaired) electrons. The molecule has 0 aliphatic carbocycles. The van der Waals surface area contributed by atoms with Crippen molar-refractivity contribution in [1.82, 2.24) is 4.98 Å². The van der Waals surface area contributed by atoms with Crippen molar-refractivity contribution < 1.29 is 19.0 Å². The minimum absolute atomic E-state index is 0.161. The Labute approximate surface area is 119 Å². The minimum atomic E-state index is -0.845. The average Bonchev–Trinajstić information content (AvgIpc) is 2.46. The lowest BCUT2D eigenvalue weighted by Crippen LogP contribution is -2.39. The van der Waals surface area contributed by atoms with Crippen molar-refractivity contribution in [2.75, 3.05) is 27.4 Å². The molecule has 0 saturated heterocycles. The molecule has 0 bridgehead atoms. The summed E-state index contributed by atoms with van der Waals surface area (Å²) < 4.78 is 15.6. The highest BCUT2D eigenvalue weighted by molar-refractivity contribution is 5.77. The number of methoxy groups -OCH3 is 2. The number of ether oxygens (including phenoxy) is 3. The first kappa shape index (κ1) is 16.2. The van der Waals surface area contributed by atoms with Crippen LogP contribution in [0.1, 0.15) is 19.5 Å². The number of carbonyl (C=O) groups is 1. The summed E-state index contributed by atoms with van der Waals surface area (Å²) in [7, 11) is 3.09. The predicted octanol–water partition coefficient (Wildman–Crippen LogP) is 1.17. The van der Waals surface area contributed by atoms with Gasteiger partial charge in [-0.25, -0.2) is 0 Å². The van der Waals surface area contributed by atoms with E-state index in [2.05, 4.69) is 4.98 Å². The monoisotopic (exact) mass is 282 g/mol. The molecular weight excluding hydrogens is 260 g/mol. The molecule has 1 aromatic heterocycles. The van der Waals surface area contributed by atoms with Crippen LogP contribution in [0.4, 0.5) is 0 Å². The lowest BCUT2D eigenvalue weighted by atomic mass is 9.85. The van der Waals surface area contributed by atoms with Gasteiger partial charge in [0.2, 0.25) is 0 Å².